The molecular weight excluding hydrogens is 308 g/mol. The van der Waals surface area contributed by atoms with E-state index in [1.54, 1.807) is 0 Å². The van der Waals surface area contributed by atoms with E-state index in [0.29, 0.717) is 6.42 Å². The molecule has 1 aromatic carbocycles. The molecule has 76 valence electrons. The Balaban J connectivity index is 2.76. The van der Waals surface area contributed by atoms with Crippen LogP contribution in [0.15, 0.2) is 22.7 Å². The number of halogens is 2. The summed E-state index contributed by atoms with van der Waals surface area (Å²) in [4.78, 5) is 11.6. The average molecular weight is 320 g/mol. The molecule has 0 spiro atoms. The lowest BCUT2D eigenvalue weighted by atomic mass is 10.1. The SMILES string of the molecule is Cc1cc(C(=O)CCCBr)ccc1Br. The van der Waals surface area contributed by atoms with Crippen molar-refractivity contribution in [2.45, 2.75) is 19.8 Å². The van der Waals surface area contributed by atoms with E-state index in [2.05, 4.69) is 31.9 Å². The lowest BCUT2D eigenvalue weighted by Gasteiger charge is -2.02. The van der Waals surface area contributed by atoms with Crippen LogP contribution in [0.5, 0.6) is 0 Å². The Hall–Kier alpha value is -0.150. The standard InChI is InChI=1S/C11H12Br2O/c1-8-7-9(4-5-10(8)13)11(14)3-2-6-12/h4-5,7H,2-3,6H2,1H3. The highest BCUT2D eigenvalue weighted by Crippen LogP contribution is 2.18. The number of ketones is 1. The fourth-order valence-electron chi connectivity index (χ4n) is 1.19. The maximum absolute atomic E-state index is 11.6. The molecule has 0 aliphatic rings. The van der Waals surface area contributed by atoms with Crippen LogP contribution in [0.2, 0.25) is 0 Å². The van der Waals surface area contributed by atoms with E-state index in [0.717, 1.165) is 27.4 Å². The molecule has 0 unspecified atom stereocenters. The maximum Gasteiger partial charge on any atom is 0.162 e. The van der Waals surface area contributed by atoms with Crippen LogP contribution in [0.3, 0.4) is 0 Å². The number of carbonyl (C=O) groups is 1. The van der Waals surface area contributed by atoms with Gasteiger partial charge >= 0.3 is 0 Å². The maximum atomic E-state index is 11.6. The van der Waals surface area contributed by atoms with Gasteiger partial charge in [-0.3, -0.25) is 4.79 Å². The molecule has 1 rings (SSSR count). The van der Waals surface area contributed by atoms with Crippen molar-refractivity contribution in [2.75, 3.05) is 5.33 Å². The zero-order chi connectivity index (χ0) is 10.6. The first kappa shape index (κ1) is 11.9. The first-order valence-corrected chi connectivity index (χ1v) is 6.42. The molecule has 0 aromatic heterocycles. The highest BCUT2D eigenvalue weighted by Gasteiger charge is 2.06. The summed E-state index contributed by atoms with van der Waals surface area (Å²) in [6.45, 7) is 1.99. The minimum absolute atomic E-state index is 0.222. The van der Waals surface area contributed by atoms with Gasteiger partial charge in [-0.05, 0) is 31.0 Å². The van der Waals surface area contributed by atoms with Gasteiger partial charge in [-0.25, -0.2) is 0 Å². The van der Waals surface area contributed by atoms with Crippen LogP contribution in [0.25, 0.3) is 0 Å². The smallest absolute Gasteiger partial charge is 0.162 e. The summed E-state index contributed by atoms with van der Waals surface area (Å²) >= 11 is 6.73. The topological polar surface area (TPSA) is 17.1 Å². The Morgan fingerprint density at radius 2 is 2.14 bits per heavy atom. The summed E-state index contributed by atoms with van der Waals surface area (Å²) in [6, 6.07) is 5.73. The highest BCUT2D eigenvalue weighted by atomic mass is 79.9. The Labute approximate surface area is 101 Å². The molecule has 0 bridgehead atoms. The van der Waals surface area contributed by atoms with Crippen molar-refractivity contribution in [3.05, 3.63) is 33.8 Å². The van der Waals surface area contributed by atoms with Gasteiger partial charge in [-0.15, -0.1) is 0 Å². The minimum atomic E-state index is 0.222. The Bertz CT molecular complexity index is 334. The number of hydrogen-bond acceptors (Lipinski definition) is 1. The monoisotopic (exact) mass is 318 g/mol. The number of carbonyl (C=O) groups excluding carboxylic acids is 1. The molecule has 0 atom stereocenters. The summed E-state index contributed by atoms with van der Waals surface area (Å²) in [5.41, 5.74) is 1.92. The van der Waals surface area contributed by atoms with Crippen LogP contribution in [-0.4, -0.2) is 11.1 Å². The lowest BCUT2D eigenvalue weighted by molar-refractivity contribution is 0.0982. The molecule has 14 heavy (non-hydrogen) atoms. The highest BCUT2D eigenvalue weighted by molar-refractivity contribution is 9.10. The molecule has 3 heteroatoms. The van der Waals surface area contributed by atoms with Gasteiger partial charge < -0.3 is 0 Å². The number of Topliss-reactive ketones (excluding diaryl/α,β-unsaturated/α-hetero) is 1. The quantitative estimate of drug-likeness (QED) is 0.603. The van der Waals surface area contributed by atoms with Gasteiger partial charge in [0.2, 0.25) is 0 Å². The Morgan fingerprint density at radius 3 is 2.71 bits per heavy atom. The molecule has 0 aliphatic carbocycles. The van der Waals surface area contributed by atoms with Gasteiger partial charge in [0.15, 0.2) is 5.78 Å². The largest absolute Gasteiger partial charge is 0.294 e. The molecule has 1 aromatic rings. The normalized spacial score (nSPS) is 10.2. The van der Waals surface area contributed by atoms with Gasteiger partial charge in [-0.2, -0.15) is 0 Å². The summed E-state index contributed by atoms with van der Waals surface area (Å²) in [7, 11) is 0. The third-order valence-corrected chi connectivity index (χ3v) is 3.47. The molecule has 0 aliphatic heterocycles. The number of hydrogen-bond donors (Lipinski definition) is 0. The van der Waals surface area contributed by atoms with E-state index < -0.39 is 0 Å². The number of rotatable bonds is 4. The molecule has 1 nitrogen and oxygen atoms in total. The van der Waals surface area contributed by atoms with E-state index in [1.807, 2.05) is 25.1 Å². The van der Waals surface area contributed by atoms with Crippen LogP contribution in [-0.2, 0) is 0 Å². The molecule has 0 saturated carbocycles. The second kappa shape index (κ2) is 5.66. The molecule has 0 heterocycles. The fraction of sp³-hybridized carbons (Fsp3) is 0.364. The first-order valence-electron chi connectivity index (χ1n) is 4.50. The van der Waals surface area contributed by atoms with Crippen LogP contribution in [0.4, 0.5) is 0 Å². The second-order valence-electron chi connectivity index (χ2n) is 3.18. The van der Waals surface area contributed by atoms with Crippen molar-refractivity contribution in [1.29, 1.82) is 0 Å². The van der Waals surface area contributed by atoms with Crippen molar-refractivity contribution < 1.29 is 4.79 Å². The number of benzene rings is 1. The van der Waals surface area contributed by atoms with E-state index >= 15 is 0 Å². The summed E-state index contributed by atoms with van der Waals surface area (Å²) in [6.07, 6.45) is 1.51. The lowest BCUT2D eigenvalue weighted by Crippen LogP contribution is -1.99. The van der Waals surface area contributed by atoms with Gasteiger partial charge in [0.05, 0.1) is 0 Å². The van der Waals surface area contributed by atoms with Crippen molar-refractivity contribution in [2.24, 2.45) is 0 Å². The van der Waals surface area contributed by atoms with Gasteiger partial charge in [-0.1, -0.05) is 37.9 Å². The molecule has 0 N–H and O–H groups in total. The van der Waals surface area contributed by atoms with Crippen molar-refractivity contribution in [3.8, 4) is 0 Å². The third kappa shape index (κ3) is 3.21. The van der Waals surface area contributed by atoms with E-state index in [-0.39, 0.29) is 5.78 Å². The predicted octanol–water partition coefficient (Wildman–Crippen LogP) is 4.12. The van der Waals surface area contributed by atoms with Crippen LogP contribution < -0.4 is 0 Å². The second-order valence-corrected chi connectivity index (χ2v) is 4.83. The fourth-order valence-corrected chi connectivity index (χ4v) is 1.72. The minimum Gasteiger partial charge on any atom is -0.294 e. The molecule has 0 fully saturated rings. The summed E-state index contributed by atoms with van der Waals surface area (Å²) in [5.74, 6) is 0.222. The van der Waals surface area contributed by atoms with E-state index in [4.69, 9.17) is 0 Å². The summed E-state index contributed by atoms with van der Waals surface area (Å²) in [5, 5.41) is 0.883. The third-order valence-electron chi connectivity index (χ3n) is 2.02. The van der Waals surface area contributed by atoms with Crippen LogP contribution in [0.1, 0.15) is 28.8 Å². The van der Waals surface area contributed by atoms with Crippen LogP contribution >= 0.6 is 31.9 Å². The average Bonchev–Trinajstić information content (AvgIpc) is 2.18. The molecule has 0 radical (unpaired) electrons. The predicted molar refractivity (Wildman–Crippen MR) is 66.2 cm³/mol. The summed E-state index contributed by atoms with van der Waals surface area (Å²) < 4.78 is 1.05. The molecular formula is C11H12Br2O. The van der Waals surface area contributed by atoms with E-state index in [9.17, 15) is 4.79 Å². The van der Waals surface area contributed by atoms with Gasteiger partial charge in [0.1, 0.15) is 0 Å². The number of aryl methyl sites for hydroxylation is 1. The van der Waals surface area contributed by atoms with Gasteiger partial charge in [0, 0.05) is 21.8 Å². The van der Waals surface area contributed by atoms with E-state index in [1.165, 1.54) is 0 Å². The molecule has 0 amide bonds. The van der Waals surface area contributed by atoms with Gasteiger partial charge in [0.25, 0.3) is 0 Å². The van der Waals surface area contributed by atoms with Crippen molar-refractivity contribution in [1.82, 2.24) is 0 Å². The molecule has 0 saturated heterocycles. The van der Waals surface area contributed by atoms with Crippen molar-refractivity contribution in [3.63, 3.8) is 0 Å². The number of alkyl halides is 1. The Morgan fingerprint density at radius 1 is 1.43 bits per heavy atom. The zero-order valence-corrected chi connectivity index (χ0v) is 11.2. The Kier molecular flexibility index (Phi) is 4.82. The van der Waals surface area contributed by atoms with Crippen LogP contribution in [0, 0.1) is 6.92 Å². The zero-order valence-electron chi connectivity index (χ0n) is 8.02. The van der Waals surface area contributed by atoms with Crippen molar-refractivity contribution >= 4 is 37.6 Å². The first-order chi connectivity index (χ1) is 6.65.